The number of carbonyl (C=O) groups is 1. The van der Waals surface area contributed by atoms with E-state index in [9.17, 15) is 13.2 Å². The maximum atomic E-state index is 12.6. The molecule has 9 heteroatoms. The molecule has 1 unspecified atom stereocenters. The van der Waals surface area contributed by atoms with Gasteiger partial charge in [0.25, 0.3) is 0 Å². The maximum absolute atomic E-state index is 12.6. The van der Waals surface area contributed by atoms with Gasteiger partial charge in [-0.2, -0.15) is 5.10 Å². The molecule has 0 radical (unpaired) electrons. The molecule has 0 spiro atoms. The molecule has 8 nitrogen and oxygen atoms in total. The fraction of sp³-hybridized carbons (Fsp3) is 0.238. The van der Waals surface area contributed by atoms with Gasteiger partial charge in [-0.25, -0.2) is 13.2 Å². The van der Waals surface area contributed by atoms with Crippen molar-refractivity contribution in [3.63, 3.8) is 0 Å². The number of urea groups is 1. The van der Waals surface area contributed by atoms with Gasteiger partial charge in [0, 0.05) is 24.2 Å². The molecule has 1 aliphatic carbocycles. The number of benzene rings is 2. The molecule has 0 bridgehead atoms. The van der Waals surface area contributed by atoms with Crippen LogP contribution in [-0.4, -0.2) is 49.2 Å². The van der Waals surface area contributed by atoms with Gasteiger partial charge in [0.2, 0.25) is 0 Å². The Hall–Kier alpha value is -3.33. The second-order valence-corrected chi connectivity index (χ2v) is 9.83. The molecule has 3 N–H and O–H groups in total. The topological polar surface area (TPSA) is 107 Å². The summed E-state index contributed by atoms with van der Waals surface area (Å²) in [6.07, 6.45) is 5.62. The molecule has 30 heavy (non-hydrogen) atoms. The number of sulfone groups is 1. The summed E-state index contributed by atoms with van der Waals surface area (Å²) in [6, 6.07) is 11.1. The van der Waals surface area contributed by atoms with Crippen molar-refractivity contribution in [2.45, 2.75) is 6.04 Å². The first-order chi connectivity index (χ1) is 14.5. The summed E-state index contributed by atoms with van der Waals surface area (Å²) in [7, 11) is -2.91. The van der Waals surface area contributed by atoms with Crippen molar-refractivity contribution in [3.05, 3.63) is 59.8 Å². The molecule has 2 aliphatic rings. The minimum atomic E-state index is -2.91. The largest absolute Gasteiger partial charge is 0.369 e. The van der Waals surface area contributed by atoms with Crippen LogP contribution in [0.25, 0.3) is 17.0 Å². The minimum absolute atomic E-state index is 0.188. The van der Waals surface area contributed by atoms with Gasteiger partial charge in [0.15, 0.2) is 9.84 Å². The number of rotatable bonds is 3. The van der Waals surface area contributed by atoms with E-state index < -0.39 is 9.84 Å². The van der Waals surface area contributed by atoms with E-state index in [1.54, 1.807) is 6.20 Å². The highest BCUT2D eigenvalue weighted by atomic mass is 32.2. The number of aromatic amines is 1. The number of nitrogens with one attached hydrogen (secondary N) is 3. The van der Waals surface area contributed by atoms with E-state index in [1.807, 2.05) is 42.5 Å². The van der Waals surface area contributed by atoms with Gasteiger partial charge in [-0.3, -0.25) is 5.10 Å². The van der Waals surface area contributed by atoms with Crippen molar-refractivity contribution >= 4 is 44.2 Å². The van der Waals surface area contributed by atoms with Crippen LogP contribution < -0.4 is 15.5 Å². The molecule has 1 saturated heterocycles. The Morgan fingerprint density at radius 2 is 2.00 bits per heavy atom. The lowest BCUT2D eigenvalue weighted by Crippen LogP contribution is -2.40. The third-order valence-electron chi connectivity index (χ3n) is 5.60. The van der Waals surface area contributed by atoms with Gasteiger partial charge >= 0.3 is 6.03 Å². The fourth-order valence-electron chi connectivity index (χ4n) is 3.96. The number of anilines is 2. The molecule has 5 rings (SSSR count). The summed E-state index contributed by atoms with van der Waals surface area (Å²) >= 11 is 0. The SMILES string of the molecule is O=C(Nc1cccc2[nH]ncc12)NC1C=Cc2cc(N3CCS(=O)(=O)CC3)ccc21. The Balaban J connectivity index is 1.28. The monoisotopic (exact) mass is 423 g/mol. The van der Waals surface area contributed by atoms with Crippen LogP contribution in [0.1, 0.15) is 17.2 Å². The van der Waals surface area contributed by atoms with Gasteiger partial charge in [-0.15, -0.1) is 0 Å². The van der Waals surface area contributed by atoms with Gasteiger partial charge in [0.05, 0.1) is 34.9 Å². The van der Waals surface area contributed by atoms with Crippen LogP contribution in [-0.2, 0) is 9.84 Å². The normalized spacial score (nSPS) is 19.6. The third kappa shape index (κ3) is 3.52. The molecule has 2 heterocycles. The van der Waals surface area contributed by atoms with Gasteiger partial charge in [-0.05, 0) is 35.4 Å². The van der Waals surface area contributed by atoms with E-state index in [-0.39, 0.29) is 23.6 Å². The van der Waals surface area contributed by atoms with E-state index in [0.29, 0.717) is 18.8 Å². The molecule has 1 aliphatic heterocycles. The van der Waals surface area contributed by atoms with Crippen LogP contribution >= 0.6 is 0 Å². The predicted octanol–water partition coefficient (Wildman–Crippen LogP) is 2.69. The summed E-state index contributed by atoms with van der Waals surface area (Å²) in [5.41, 5.74) is 4.60. The Morgan fingerprint density at radius 3 is 2.83 bits per heavy atom. The second-order valence-electron chi connectivity index (χ2n) is 7.52. The Morgan fingerprint density at radius 1 is 1.17 bits per heavy atom. The number of nitrogens with zero attached hydrogens (tertiary/aromatic N) is 2. The van der Waals surface area contributed by atoms with Crippen molar-refractivity contribution in [3.8, 4) is 0 Å². The Bertz CT molecular complexity index is 1250. The number of amides is 2. The summed E-state index contributed by atoms with van der Waals surface area (Å²) in [4.78, 5) is 14.7. The summed E-state index contributed by atoms with van der Waals surface area (Å²) in [6.45, 7) is 1.02. The zero-order chi connectivity index (χ0) is 20.7. The molecule has 0 saturated carbocycles. The standard InChI is InChI=1S/C21H21N5O3S/c27-21(23-18-2-1-3-20-17(18)13-22-25-20)24-19-7-4-14-12-15(5-6-16(14)19)26-8-10-30(28,29)11-9-26/h1-7,12-13,19H,8-11H2,(H,22,25)(H2,23,24,27). The quantitative estimate of drug-likeness (QED) is 0.600. The number of aromatic nitrogens is 2. The molecular weight excluding hydrogens is 402 g/mol. The average molecular weight is 423 g/mol. The van der Waals surface area contributed by atoms with Crippen LogP contribution in [0.3, 0.4) is 0 Å². The summed E-state index contributed by atoms with van der Waals surface area (Å²) in [5, 5.41) is 13.6. The van der Waals surface area contributed by atoms with Crippen LogP contribution in [0.4, 0.5) is 16.2 Å². The highest BCUT2D eigenvalue weighted by molar-refractivity contribution is 7.91. The summed E-state index contributed by atoms with van der Waals surface area (Å²) < 4.78 is 23.3. The molecule has 1 atom stereocenters. The summed E-state index contributed by atoms with van der Waals surface area (Å²) in [5.74, 6) is 0.376. The zero-order valence-corrected chi connectivity index (χ0v) is 16.9. The molecule has 3 aromatic rings. The van der Waals surface area contributed by atoms with Crippen molar-refractivity contribution in [2.24, 2.45) is 0 Å². The van der Waals surface area contributed by atoms with E-state index in [4.69, 9.17) is 0 Å². The second kappa shape index (κ2) is 7.17. The van der Waals surface area contributed by atoms with Crippen molar-refractivity contribution in [1.82, 2.24) is 15.5 Å². The Labute approximate surface area is 173 Å². The maximum Gasteiger partial charge on any atom is 0.319 e. The predicted molar refractivity (Wildman–Crippen MR) is 117 cm³/mol. The lowest BCUT2D eigenvalue weighted by atomic mass is 10.1. The smallest absolute Gasteiger partial charge is 0.319 e. The van der Waals surface area contributed by atoms with E-state index in [1.165, 1.54) is 0 Å². The third-order valence-corrected chi connectivity index (χ3v) is 7.21. The van der Waals surface area contributed by atoms with Crippen LogP contribution in [0.2, 0.25) is 0 Å². The average Bonchev–Trinajstić information content (AvgIpc) is 3.35. The fourth-order valence-corrected chi connectivity index (χ4v) is 5.16. The van der Waals surface area contributed by atoms with E-state index >= 15 is 0 Å². The van der Waals surface area contributed by atoms with Crippen LogP contribution in [0.15, 0.2) is 48.7 Å². The number of fused-ring (bicyclic) bond motifs is 2. The molecule has 154 valence electrons. The number of carbonyl (C=O) groups excluding carboxylic acids is 1. The van der Waals surface area contributed by atoms with Crippen molar-refractivity contribution < 1.29 is 13.2 Å². The van der Waals surface area contributed by atoms with Crippen molar-refractivity contribution in [2.75, 3.05) is 34.8 Å². The molecule has 2 amide bonds. The molecule has 1 fully saturated rings. The highest BCUT2D eigenvalue weighted by Crippen LogP contribution is 2.32. The minimum Gasteiger partial charge on any atom is -0.369 e. The molecular formula is C21H21N5O3S. The zero-order valence-electron chi connectivity index (χ0n) is 16.1. The van der Waals surface area contributed by atoms with E-state index in [0.717, 1.165) is 27.7 Å². The molecule has 1 aromatic heterocycles. The van der Waals surface area contributed by atoms with Gasteiger partial charge in [0.1, 0.15) is 0 Å². The number of H-pyrrole nitrogens is 1. The highest BCUT2D eigenvalue weighted by Gasteiger charge is 2.24. The van der Waals surface area contributed by atoms with Crippen LogP contribution in [0, 0.1) is 0 Å². The van der Waals surface area contributed by atoms with Crippen molar-refractivity contribution in [1.29, 1.82) is 0 Å². The van der Waals surface area contributed by atoms with Gasteiger partial charge < -0.3 is 15.5 Å². The number of hydrogen-bond donors (Lipinski definition) is 3. The van der Waals surface area contributed by atoms with Gasteiger partial charge in [-0.1, -0.05) is 24.3 Å². The first-order valence-corrected chi connectivity index (χ1v) is 11.6. The molecule has 2 aromatic carbocycles. The van der Waals surface area contributed by atoms with Crippen LogP contribution in [0.5, 0.6) is 0 Å². The number of hydrogen-bond acceptors (Lipinski definition) is 5. The van der Waals surface area contributed by atoms with E-state index in [2.05, 4.69) is 31.8 Å². The first-order valence-electron chi connectivity index (χ1n) is 9.76. The lowest BCUT2D eigenvalue weighted by Gasteiger charge is -2.29. The lowest BCUT2D eigenvalue weighted by molar-refractivity contribution is 0.250. The first kappa shape index (κ1) is 18.7. The Kier molecular flexibility index (Phi) is 4.47.